The molecule has 0 fully saturated rings. The number of benzene rings is 3. The molecule has 0 saturated carbocycles. The summed E-state index contributed by atoms with van der Waals surface area (Å²) < 4.78 is 28.5. The molecule has 3 rings (SSSR count). The molecule has 0 bridgehead atoms. The van der Waals surface area contributed by atoms with Crippen molar-refractivity contribution < 1.29 is 18.0 Å². The highest BCUT2D eigenvalue weighted by Gasteiger charge is 2.33. The number of carbonyl (C=O) groups excluding carboxylic acids is 2. The Balaban J connectivity index is 2.03. The molecule has 2 atom stereocenters. The zero-order valence-corrected chi connectivity index (χ0v) is 24.7. The summed E-state index contributed by atoms with van der Waals surface area (Å²) in [5, 5.41) is 3.31. The predicted octanol–water partition coefficient (Wildman–Crippen LogP) is 5.83. The predicted molar refractivity (Wildman–Crippen MR) is 157 cm³/mol. The molecule has 3 aromatic carbocycles. The monoisotopic (exact) mass is 589 g/mol. The standard InChI is InChI=1S/C29H33Cl2N3O4S/c1-5-21(3)32-29(36)22(4)33(18-23-13-11-20(2)12-14-23)28(35)19-34(24-15-16-26(30)27(31)17-24)39(37,38)25-9-7-6-8-10-25/h6-17,21-22H,5,18-19H2,1-4H3,(H,32,36). The van der Waals surface area contributed by atoms with E-state index in [0.29, 0.717) is 0 Å². The number of halogens is 2. The second kappa shape index (κ2) is 13.3. The van der Waals surface area contributed by atoms with Crippen molar-refractivity contribution in [2.75, 3.05) is 10.8 Å². The maximum Gasteiger partial charge on any atom is 0.264 e. The lowest BCUT2D eigenvalue weighted by molar-refractivity contribution is -0.139. The average molecular weight is 591 g/mol. The van der Waals surface area contributed by atoms with Gasteiger partial charge in [-0.2, -0.15) is 0 Å². The molecule has 10 heteroatoms. The van der Waals surface area contributed by atoms with Crippen LogP contribution in [0.15, 0.2) is 77.7 Å². The van der Waals surface area contributed by atoms with Crippen molar-refractivity contribution in [2.24, 2.45) is 0 Å². The van der Waals surface area contributed by atoms with Gasteiger partial charge in [0.2, 0.25) is 11.8 Å². The Morgan fingerprint density at radius 2 is 1.56 bits per heavy atom. The lowest BCUT2D eigenvalue weighted by Gasteiger charge is -2.32. The van der Waals surface area contributed by atoms with Crippen LogP contribution >= 0.6 is 23.2 Å². The fraction of sp³-hybridized carbons (Fsp3) is 0.310. The zero-order valence-electron chi connectivity index (χ0n) is 22.4. The number of sulfonamides is 1. The van der Waals surface area contributed by atoms with Gasteiger partial charge in [-0.3, -0.25) is 13.9 Å². The average Bonchev–Trinajstić information content (AvgIpc) is 2.92. The van der Waals surface area contributed by atoms with Gasteiger partial charge in [0, 0.05) is 12.6 Å². The Hall–Kier alpha value is -3.07. The van der Waals surface area contributed by atoms with Crippen molar-refractivity contribution in [3.8, 4) is 0 Å². The van der Waals surface area contributed by atoms with E-state index in [2.05, 4.69) is 5.32 Å². The van der Waals surface area contributed by atoms with E-state index >= 15 is 0 Å². The maximum absolute atomic E-state index is 13.9. The van der Waals surface area contributed by atoms with Crippen molar-refractivity contribution in [1.29, 1.82) is 0 Å². The molecule has 0 aliphatic carbocycles. The summed E-state index contributed by atoms with van der Waals surface area (Å²) in [5.74, 6) is -0.871. The highest BCUT2D eigenvalue weighted by Crippen LogP contribution is 2.31. The smallest absolute Gasteiger partial charge is 0.264 e. The van der Waals surface area contributed by atoms with Gasteiger partial charge < -0.3 is 10.2 Å². The van der Waals surface area contributed by atoms with Crippen molar-refractivity contribution in [1.82, 2.24) is 10.2 Å². The van der Waals surface area contributed by atoms with Crippen LogP contribution in [0.2, 0.25) is 10.0 Å². The molecular weight excluding hydrogens is 557 g/mol. The van der Waals surface area contributed by atoms with Crippen molar-refractivity contribution in [3.05, 3.63) is 94.0 Å². The van der Waals surface area contributed by atoms with E-state index in [9.17, 15) is 18.0 Å². The summed E-state index contributed by atoms with van der Waals surface area (Å²) in [6.45, 7) is 7.00. The Morgan fingerprint density at radius 1 is 0.923 bits per heavy atom. The number of nitrogens with zero attached hydrogens (tertiary/aromatic N) is 2. The maximum atomic E-state index is 13.9. The van der Waals surface area contributed by atoms with Crippen molar-refractivity contribution >= 4 is 50.7 Å². The first-order valence-corrected chi connectivity index (χ1v) is 14.8. The van der Waals surface area contributed by atoms with Crippen molar-refractivity contribution in [3.63, 3.8) is 0 Å². The van der Waals surface area contributed by atoms with Gasteiger partial charge in [-0.1, -0.05) is 78.2 Å². The third-order valence-electron chi connectivity index (χ3n) is 6.44. The summed E-state index contributed by atoms with van der Waals surface area (Å²) in [6.07, 6.45) is 0.727. The third-order valence-corrected chi connectivity index (χ3v) is 8.97. The minimum absolute atomic E-state index is 0.0107. The second-order valence-corrected chi connectivity index (χ2v) is 12.1. The van der Waals surface area contributed by atoms with Crippen molar-refractivity contribution in [2.45, 2.75) is 57.6 Å². The molecule has 0 heterocycles. The van der Waals surface area contributed by atoms with Gasteiger partial charge in [-0.15, -0.1) is 0 Å². The topological polar surface area (TPSA) is 86.8 Å². The molecule has 2 amide bonds. The van der Waals surface area contributed by atoms with Crippen LogP contribution in [-0.2, 0) is 26.2 Å². The molecule has 39 heavy (non-hydrogen) atoms. The SMILES string of the molecule is CCC(C)NC(=O)C(C)N(Cc1ccc(C)cc1)C(=O)CN(c1ccc(Cl)c(Cl)c1)S(=O)(=O)c1ccccc1. The van der Waals surface area contributed by atoms with E-state index < -0.39 is 28.5 Å². The number of rotatable bonds is 11. The molecule has 0 aliphatic rings. The van der Waals surface area contributed by atoms with E-state index in [0.717, 1.165) is 21.9 Å². The number of anilines is 1. The lowest BCUT2D eigenvalue weighted by atomic mass is 10.1. The molecular formula is C29H33Cl2N3O4S. The Labute approximate surface area is 240 Å². The van der Waals surface area contributed by atoms with E-state index in [-0.39, 0.29) is 39.1 Å². The normalized spacial score (nSPS) is 12.9. The van der Waals surface area contributed by atoms with Crippen LogP contribution in [0, 0.1) is 6.92 Å². The molecule has 0 saturated heterocycles. The van der Waals surface area contributed by atoms with Gasteiger partial charge in [0.1, 0.15) is 12.6 Å². The Kier molecular flexibility index (Phi) is 10.4. The molecule has 208 valence electrons. The fourth-order valence-electron chi connectivity index (χ4n) is 3.83. The molecule has 3 aromatic rings. The number of carbonyl (C=O) groups is 2. The van der Waals surface area contributed by atoms with Crippen LogP contribution < -0.4 is 9.62 Å². The van der Waals surface area contributed by atoms with Crippen LogP contribution in [0.5, 0.6) is 0 Å². The van der Waals surface area contributed by atoms with Gasteiger partial charge >= 0.3 is 0 Å². The van der Waals surface area contributed by atoms with E-state index in [1.54, 1.807) is 25.1 Å². The first-order valence-electron chi connectivity index (χ1n) is 12.6. The van der Waals surface area contributed by atoms with Gasteiger partial charge in [-0.25, -0.2) is 8.42 Å². The number of hydrogen-bond donors (Lipinski definition) is 1. The van der Waals surface area contributed by atoms with Gasteiger partial charge in [0.05, 0.1) is 20.6 Å². The van der Waals surface area contributed by atoms with E-state index in [1.807, 2.05) is 45.0 Å². The molecule has 0 radical (unpaired) electrons. The van der Waals surface area contributed by atoms with Crippen LogP contribution in [0.3, 0.4) is 0 Å². The van der Waals surface area contributed by atoms with Crippen LogP contribution in [0.25, 0.3) is 0 Å². The van der Waals surface area contributed by atoms with Crippen LogP contribution in [-0.4, -0.2) is 43.8 Å². The summed E-state index contributed by atoms with van der Waals surface area (Å²) >= 11 is 12.3. The minimum Gasteiger partial charge on any atom is -0.352 e. The zero-order chi connectivity index (χ0) is 28.7. The quantitative estimate of drug-likeness (QED) is 0.305. The first kappa shape index (κ1) is 30.5. The second-order valence-electron chi connectivity index (χ2n) is 9.42. The highest BCUT2D eigenvalue weighted by molar-refractivity contribution is 7.92. The molecule has 0 aromatic heterocycles. The molecule has 2 unspecified atom stereocenters. The van der Waals surface area contributed by atoms with Crippen LogP contribution in [0.4, 0.5) is 5.69 Å². The first-order chi connectivity index (χ1) is 18.4. The van der Waals surface area contributed by atoms with Crippen LogP contribution in [0.1, 0.15) is 38.3 Å². The fourth-order valence-corrected chi connectivity index (χ4v) is 5.55. The summed E-state index contributed by atoms with van der Waals surface area (Å²) in [4.78, 5) is 28.4. The van der Waals surface area contributed by atoms with E-state index in [4.69, 9.17) is 23.2 Å². The summed E-state index contributed by atoms with van der Waals surface area (Å²) in [6, 6.07) is 18.9. The molecule has 0 aliphatic heterocycles. The Morgan fingerprint density at radius 3 is 2.15 bits per heavy atom. The number of amides is 2. The summed E-state index contributed by atoms with van der Waals surface area (Å²) in [7, 11) is -4.18. The third kappa shape index (κ3) is 7.75. The van der Waals surface area contributed by atoms with Gasteiger partial charge in [0.25, 0.3) is 10.0 Å². The van der Waals surface area contributed by atoms with Gasteiger partial charge in [-0.05, 0) is 63.1 Å². The molecule has 7 nitrogen and oxygen atoms in total. The largest absolute Gasteiger partial charge is 0.352 e. The molecule has 1 N–H and O–H groups in total. The molecule has 0 spiro atoms. The summed E-state index contributed by atoms with van der Waals surface area (Å²) in [5.41, 5.74) is 2.04. The van der Waals surface area contributed by atoms with E-state index in [1.165, 1.54) is 35.2 Å². The number of aryl methyl sites for hydroxylation is 1. The van der Waals surface area contributed by atoms with Gasteiger partial charge in [0.15, 0.2) is 0 Å². The minimum atomic E-state index is -4.18. The number of hydrogen-bond acceptors (Lipinski definition) is 4. The number of nitrogens with one attached hydrogen (secondary N) is 1. The lowest BCUT2D eigenvalue weighted by Crippen LogP contribution is -2.52. The highest BCUT2D eigenvalue weighted by atomic mass is 35.5. The Bertz CT molecular complexity index is 1400.